The molecule has 1 saturated heterocycles. The van der Waals surface area contributed by atoms with Crippen molar-refractivity contribution in [3.8, 4) is 0 Å². The first-order valence-electron chi connectivity index (χ1n) is 6.37. The Bertz CT molecular complexity index is 276. The number of fused-ring (bicyclic) bond motifs is 3. The molecule has 0 spiro atoms. The fraction of sp³-hybridized carbons (Fsp3) is 1.00. The highest BCUT2D eigenvalue weighted by molar-refractivity contribution is 8.00. The van der Waals surface area contributed by atoms with Crippen LogP contribution in [0, 0.1) is 11.8 Å². The van der Waals surface area contributed by atoms with E-state index < -0.39 is 12.3 Å². The van der Waals surface area contributed by atoms with Crippen molar-refractivity contribution in [2.24, 2.45) is 11.8 Å². The summed E-state index contributed by atoms with van der Waals surface area (Å²) in [4.78, 5) is 0. The maximum absolute atomic E-state index is 14.0. The number of halogens is 2. The van der Waals surface area contributed by atoms with Crippen LogP contribution >= 0.6 is 11.8 Å². The van der Waals surface area contributed by atoms with Crippen molar-refractivity contribution in [3.05, 3.63) is 0 Å². The third-order valence-corrected chi connectivity index (χ3v) is 6.52. The van der Waals surface area contributed by atoms with Crippen LogP contribution in [0.15, 0.2) is 0 Å². The lowest BCUT2D eigenvalue weighted by molar-refractivity contribution is 0.132. The monoisotopic (exact) mass is 242 g/mol. The molecule has 2 aliphatic carbocycles. The Morgan fingerprint density at radius 3 is 2.50 bits per heavy atom. The van der Waals surface area contributed by atoms with Gasteiger partial charge in [0.15, 0.2) is 0 Å². The minimum Gasteiger partial charge on any atom is -0.247 e. The fourth-order valence-corrected chi connectivity index (χ4v) is 5.89. The molecule has 2 radical (unpaired) electrons. The van der Waals surface area contributed by atoms with Crippen LogP contribution in [0.25, 0.3) is 0 Å². The van der Waals surface area contributed by atoms with Crippen LogP contribution in [0.3, 0.4) is 0 Å². The predicted octanol–water partition coefficient (Wildman–Crippen LogP) is 3.31. The van der Waals surface area contributed by atoms with Crippen molar-refractivity contribution in [2.75, 3.05) is 0 Å². The van der Waals surface area contributed by atoms with Crippen molar-refractivity contribution in [1.82, 2.24) is 0 Å². The Hall–Kier alpha value is 0.275. The van der Waals surface area contributed by atoms with Gasteiger partial charge in [0.1, 0.15) is 12.3 Å². The van der Waals surface area contributed by atoms with Crippen LogP contribution in [0.1, 0.15) is 32.1 Å². The van der Waals surface area contributed by atoms with E-state index in [-0.39, 0.29) is 16.3 Å². The van der Waals surface area contributed by atoms with Crippen molar-refractivity contribution < 1.29 is 8.78 Å². The van der Waals surface area contributed by atoms with Gasteiger partial charge in [-0.25, -0.2) is 8.78 Å². The quantitative estimate of drug-likeness (QED) is 0.587. The molecule has 1 heterocycles. The number of rotatable bonds is 0. The Morgan fingerprint density at radius 1 is 0.938 bits per heavy atom. The van der Waals surface area contributed by atoms with Gasteiger partial charge >= 0.3 is 0 Å². The van der Waals surface area contributed by atoms with E-state index in [9.17, 15) is 8.78 Å². The van der Waals surface area contributed by atoms with E-state index >= 15 is 0 Å². The van der Waals surface area contributed by atoms with E-state index in [0.717, 1.165) is 25.7 Å². The summed E-state index contributed by atoms with van der Waals surface area (Å²) in [6.45, 7) is 0. The third-order valence-electron chi connectivity index (χ3n) is 4.64. The Kier molecular flexibility index (Phi) is 2.97. The van der Waals surface area contributed by atoms with Crippen LogP contribution < -0.4 is 0 Å². The molecule has 16 heavy (non-hydrogen) atoms. The van der Waals surface area contributed by atoms with Gasteiger partial charge in [-0.1, -0.05) is 12.8 Å². The molecule has 1 aliphatic heterocycles. The smallest absolute Gasteiger partial charge is 0.112 e. The topological polar surface area (TPSA) is 0 Å². The molecular weight excluding hydrogens is 225 g/mol. The second-order valence-corrected chi connectivity index (χ2v) is 6.89. The number of hydrogen-bond acceptors (Lipinski definition) is 1. The Morgan fingerprint density at radius 2 is 1.69 bits per heavy atom. The zero-order chi connectivity index (χ0) is 11.3. The molecule has 2 saturated carbocycles. The average molecular weight is 242 g/mol. The van der Waals surface area contributed by atoms with Crippen LogP contribution in [0.5, 0.6) is 0 Å². The number of thioether (sulfide) groups is 1. The van der Waals surface area contributed by atoms with Crippen LogP contribution in [-0.2, 0) is 0 Å². The molecule has 0 aromatic carbocycles. The first-order valence-corrected chi connectivity index (χ1v) is 7.32. The molecule has 0 nitrogen and oxygen atoms in total. The summed E-state index contributed by atoms with van der Waals surface area (Å²) < 4.78 is 27.9. The lowest BCUT2D eigenvalue weighted by atomic mass is 9.65. The van der Waals surface area contributed by atoms with Gasteiger partial charge in [-0.3, -0.25) is 0 Å². The second kappa shape index (κ2) is 4.18. The van der Waals surface area contributed by atoms with Crippen LogP contribution in [0.2, 0.25) is 5.82 Å². The highest BCUT2D eigenvalue weighted by Crippen LogP contribution is 2.57. The molecule has 3 rings (SSSR count). The minimum atomic E-state index is -0.915. The summed E-state index contributed by atoms with van der Waals surface area (Å²) in [7, 11) is 5.78. The minimum absolute atomic E-state index is 0.0184. The van der Waals surface area contributed by atoms with Crippen molar-refractivity contribution >= 4 is 19.6 Å². The van der Waals surface area contributed by atoms with Gasteiger partial charge in [-0.05, 0) is 36.9 Å². The summed E-state index contributed by atoms with van der Waals surface area (Å²) in [5, 5.41) is 0.0439. The summed E-state index contributed by atoms with van der Waals surface area (Å²) in [6, 6.07) is 0. The molecule has 0 amide bonds. The lowest BCUT2D eigenvalue weighted by Crippen LogP contribution is -2.37. The van der Waals surface area contributed by atoms with Gasteiger partial charge in [0.25, 0.3) is 0 Å². The molecular formula is C12H17BF2S. The Balaban J connectivity index is 1.81. The predicted molar refractivity (Wildman–Crippen MR) is 64.5 cm³/mol. The maximum atomic E-state index is 14.0. The summed E-state index contributed by atoms with van der Waals surface area (Å²) >= 11 is 1.57. The average Bonchev–Trinajstić information content (AvgIpc) is 2.65. The lowest BCUT2D eigenvalue weighted by Gasteiger charge is -2.36. The molecule has 7 atom stereocenters. The van der Waals surface area contributed by atoms with E-state index in [1.54, 1.807) is 11.8 Å². The maximum Gasteiger partial charge on any atom is 0.112 e. The van der Waals surface area contributed by atoms with E-state index in [2.05, 4.69) is 0 Å². The SMILES string of the molecule is [B]C1CCC2C3CCCC(F)C3SC2C1F. The third kappa shape index (κ3) is 1.63. The molecule has 0 aromatic rings. The second-order valence-electron chi connectivity index (χ2n) is 5.53. The molecule has 3 fully saturated rings. The van der Waals surface area contributed by atoms with Crippen molar-refractivity contribution in [1.29, 1.82) is 0 Å². The van der Waals surface area contributed by atoms with E-state index in [0.29, 0.717) is 18.3 Å². The molecule has 7 unspecified atom stereocenters. The van der Waals surface area contributed by atoms with E-state index in [4.69, 9.17) is 7.85 Å². The molecule has 0 aromatic heterocycles. The van der Waals surface area contributed by atoms with Gasteiger partial charge in [-0.15, -0.1) is 11.8 Å². The van der Waals surface area contributed by atoms with Gasteiger partial charge in [0, 0.05) is 10.5 Å². The van der Waals surface area contributed by atoms with Gasteiger partial charge in [-0.2, -0.15) is 0 Å². The van der Waals surface area contributed by atoms with Gasteiger partial charge in [0.2, 0.25) is 0 Å². The van der Waals surface area contributed by atoms with Crippen LogP contribution in [0.4, 0.5) is 8.78 Å². The molecule has 88 valence electrons. The molecule has 3 aliphatic rings. The first kappa shape index (κ1) is 11.4. The molecule has 4 heteroatoms. The van der Waals surface area contributed by atoms with Crippen molar-refractivity contribution in [3.63, 3.8) is 0 Å². The molecule has 0 bridgehead atoms. The van der Waals surface area contributed by atoms with Crippen molar-refractivity contribution in [2.45, 2.75) is 60.8 Å². The number of hydrogen-bond donors (Lipinski definition) is 0. The zero-order valence-corrected chi connectivity index (χ0v) is 10.1. The summed E-state index contributed by atoms with van der Waals surface area (Å²) in [5.41, 5.74) is 0. The normalized spacial score (nSPS) is 56.8. The van der Waals surface area contributed by atoms with E-state index in [1.165, 1.54) is 0 Å². The number of alkyl halides is 2. The van der Waals surface area contributed by atoms with Gasteiger partial charge < -0.3 is 0 Å². The zero-order valence-electron chi connectivity index (χ0n) is 9.32. The summed E-state index contributed by atoms with van der Waals surface area (Å²) in [5.74, 6) is 0.500. The first-order chi connectivity index (χ1) is 7.68. The van der Waals surface area contributed by atoms with E-state index in [1.807, 2.05) is 0 Å². The standard InChI is InChI=1S/C12H17BF2S/c13-8-5-4-7-6-2-1-3-9(14)11(6)16-12(7)10(8)15/h6-12H,1-5H2. The summed E-state index contributed by atoms with van der Waals surface area (Å²) in [6.07, 6.45) is 2.92. The highest BCUT2D eigenvalue weighted by atomic mass is 32.2. The Labute approximate surface area is 101 Å². The largest absolute Gasteiger partial charge is 0.247 e. The highest BCUT2D eigenvalue weighted by Gasteiger charge is 2.53. The molecule has 0 N–H and O–H groups in total. The van der Waals surface area contributed by atoms with Gasteiger partial charge in [0.05, 0.1) is 7.85 Å². The van der Waals surface area contributed by atoms with Crippen LogP contribution in [-0.4, -0.2) is 30.7 Å². The fourth-order valence-electron chi connectivity index (χ4n) is 3.79.